The van der Waals surface area contributed by atoms with E-state index in [9.17, 15) is 19.2 Å². The molecule has 0 spiro atoms. The predicted octanol–water partition coefficient (Wildman–Crippen LogP) is 1.06. The van der Waals surface area contributed by atoms with E-state index in [-0.39, 0.29) is 26.3 Å². The number of carbonyl (C=O) groups is 4. The molecule has 10 heteroatoms. The Balaban J connectivity index is 2.56. The number of hydrogen-bond acceptors (Lipinski definition) is 6. The molecule has 0 aliphatic carbocycles. The number of rotatable bonds is 8. The van der Waals surface area contributed by atoms with E-state index in [1.165, 1.54) is 0 Å². The first-order valence-electron chi connectivity index (χ1n) is 7.96. The fourth-order valence-electron chi connectivity index (χ4n) is 1.76. The van der Waals surface area contributed by atoms with Gasteiger partial charge in [0.05, 0.1) is 24.6 Å². The number of para-hydroxylation sites is 2. The molecule has 0 aromatic heterocycles. The Labute approximate surface area is 150 Å². The van der Waals surface area contributed by atoms with Gasteiger partial charge < -0.3 is 30.7 Å². The third-order valence-corrected chi connectivity index (χ3v) is 2.82. The second-order valence-electron chi connectivity index (χ2n) is 4.77. The third kappa shape index (κ3) is 7.99. The monoisotopic (exact) mass is 366 g/mol. The van der Waals surface area contributed by atoms with E-state index in [2.05, 4.69) is 21.3 Å². The van der Waals surface area contributed by atoms with Crippen molar-refractivity contribution in [2.24, 2.45) is 0 Å². The molecular formula is C16H22N4O6. The Kier molecular flexibility index (Phi) is 9.01. The van der Waals surface area contributed by atoms with Crippen LogP contribution in [-0.4, -0.2) is 50.3 Å². The fraction of sp³-hybridized carbons (Fsp3) is 0.375. The van der Waals surface area contributed by atoms with Gasteiger partial charge in [-0.05, 0) is 26.0 Å². The van der Waals surface area contributed by atoms with Crippen LogP contribution in [0.15, 0.2) is 24.3 Å². The van der Waals surface area contributed by atoms with Crippen LogP contribution in [0.25, 0.3) is 0 Å². The first kappa shape index (κ1) is 20.7. The number of hydrogen-bond donors (Lipinski definition) is 4. The zero-order chi connectivity index (χ0) is 19.4. The number of ether oxygens (including phenoxy) is 2. The quantitative estimate of drug-likeness (QED) is 0.508. The van der Waals surface area contributed by atoms with Crippen molar-refractivity contribution in [2.75, 3.05) is 36.9 Å². The Bertz CT molecular complexity index is 594. The van der Waals surface area contributed by atoms with Gasteiger partial charge in [0.1, 0.15) is 13.1 Å². The first-order chi connectivity index (χ1) is 12.5. The summed E-state index contributed by atoms with van der Waals surface area (Å²) >= 11 is 0. The van der Waals surface area contributed by atoms with Crippen molar-refractivity contribution in [3.63, 3.8) is 0 Å². The lowest BCUT2D eigenvalue weighted by atomic mass is 10.2. The molecule has 0 radical (unpaired) electrons. The number of urea groups is 2. The molecule has 142 valence electrons. The molecule has 1 rings (SSSR count). The minimum absolute atomic E-state index is 0.218. The van der Waals surface area contributed by atoms with E-state index in [0.717, 1.165) is 0 Å². The summed E-state index contributed by atoms with van der Waals surface area (Å²) in [5, 5.41) is 9.69. The highest BCUT2D eigenvalue weighted by molar-refractivity contribution is 5.99. The summed E-state index contributed by atoms with van der Waals surface area (Å²) in [4.78, 5) is 46.1. The second kappa shape index (κ2) is 11.3. The molecule has 0 saturated heterocycles. The summed E-state index contributed by atoms with van der Waals surface area (Å²) in [6, 6.07) is 5.15. The van der Waals surface area contributed by atoms with Crippen LogP contribution in [0.2, 0.25) is 0 Å². The molecule has 0 aliphatic rings. The van der Waals surface area contributed by atoms with Crippen molar-refractivity contribution in [1.29, 1.82) is 0 Å². The molecule has 0 atom stereocenters. The SMILES string of the molecule is CCOC(=O)CNC(=O)Nc1ccccc1NC(=O)NCC(=O)OCC. The molecule has 0 unspecified atom stereocenters. The number of esters is 2. The van der Waals surface area contributed by atoms with Gasteiger partial charge in [-0.25, -0.2) is 9.59 Å². The maximum atomic E-state index is 11.8. The van der Waals surface area contributed by atoms with E-state index in [1.54, 1.807) is 38.1 Å². The Morgan fingerprint density at radius 2 is 1.15 bits per heavy atom. The third-order valence-electron chi connectivity index (χ3n) is 2.82. The molecule has 4 N–H and O–H groups in total. The molecule has 0 heterocycles. The number of benzene rings is 1. The molecule has 0 fully saturated rings. The molecular weight excluding hydrogens is 344 g/mol. The molecule has 10 nitrogen and oxygen atoms in total. The van der Waals surface area contributed by atoms with E-state index in [4.69, 9.17) is 9.47 Å². The summed E-state index contributed by atoms with van der Waals surface area (Å²) in [7, 11) is 0. The molecule has 1 aromatic carbocycles. The van der Waals surface area contributed by atoms with E-state index < -0.39 is 24.0 Å². The lowest BCUT2D eigenvalue weighted by molar-refractivity contribution is -0.142. The van der Waals surface area contributed by atoms with Crippen LogP contribution in [-0.2, 0) is 19.1 Å². The Hall–Kier alpha value is -3.30. The van der Waals surface area contributed by atoms with Gasteiger partial charge in [0, 0.05) is 0 Å². The molecule has 0 bridgehead atoms. The van der Waals surface area contributed by atoms with Crippen LogP contribution in [0.4, 0.5) is 21.0 Å². The summed E-state index contributed by atoms with van der Waals surface area (Å²) < 4.78 is 9.40. The lowest BCUT2D eigenvalue weighted by Gasteiger charge is -2.13. The fourth-order valence-corrected chi connectivity index (χ4v) is 1.76. The molecule has 1 aromatic rings. The number of anilines is 2. The van der Waals surface area contributed by atoms with Gasteiger partial charge in [0.25, 0.3) is 0 Å². The zero-order valence-electron chi connectivity index (χ0n) is 14.6. The maximum absolute atomic E-state index is 11.8. The van der Waals surface area contributed by atoms with E-state index in [0.29, 0.717) is 11.4 Å². The highest BCUT2D eigenvalue weighted by Crippen LogP contribution is 2.20. The van der Waals surface area contributed by atoms with E-state index in [1.807, 2.05) is 0 Å². The van der Waals surface area contributed by atoms with Gasteiger partial charge in [0.15, 0.2) is 0 Å². The van der Waals surface area contributed by atoms with Gasteiger partial charge in [-0.3, -0.25) is 9.59 Å². The van der Waals surface area contributed by atoms with Crippen molar-refractivity contribution in [3.05, 3.63) is 24.3 Å². The van der Waals surface area contributed by atoms with Crippen molar-refractivity contribution in [1.82, 2.24) is 10.6 Å². The van der Waals surface area contributed by atoms with Gasteiger partial charge >= 0.3 is 24.0 Å². The van der Waals surface area contributed by atoms with Crippen molar-refractivity contribution in [3.8, 4) is 0 Å². The van der Waals surface area contributed by atoms with Crippen LogP contribution in [0.3, 0.4) is 0 Å². The van der Waals surface area contributed by atoms with Gasteiger partial charge in [-0.2, -0.15) is 0 Å². The van der Waals surface area contributed by atoms with Crippen LogP contribution >= 0.6 is 0 Å². The zero-order valence-corrected chi connectivity index (χ0v) is 14.6. The highest BCUT2D eigenvalue weighted by Gasteiger charge is 2.11. The van der Waals surface area contributed by atoms with E-state index >= 15 is 0 Å². The standard InChI is InChI=1S/C16H22N4O6/c1-3-25-13(21)9-17-15(23)19-11-7-5-6-8-12(11)20-16(24)18-10-14(22)26-4-2/h5-8H,3-4,9-10H2,1-2H3,(H2,17,19,23)(H2,18,20,24). The highest BCUT2D eigenvalue weighted by atomic mass is 16.5. The molecule has 0 saturated carbocycles. The van der Waals surface area contributed by atoms with Gasteiger partial charge in [-0.15, -0.1) is 0 Å². The normalized spacial score (nSPS) is 9.62. The number of nitrogens with one attached hydrogen (secondary N) is 4. The van der Waals surface area contributed by atoms with Gasteiger partial charge in [-0.1, -0.05) is 12.1 Å². The van der Waals surface area contributed by atoms with Crippen molar-refractivity contribution < 1.29 is 28.7 Å². The summed E-state index contributed by atoms with van der Waals surface area (Å²) in [6.07, 6.45) is 0. The van der Waals surface area contributed by atoms with Crippen molar-refractivity contribution >= 4 is 35.4 Å². The average molecular weight is 366 g/mol. The number of carbonyl (C=O) groups excluding carboxylic acids is 4. The Morgan fingerprint density at radius 1 is 0.769 bits per heavy atom. The van der Waals surface area contributed by atoms with Gasteiger partial charge in [0.2, 0.25) is 0 Å². The van der Waals surface area contributed by atoms with Crippen LogP contribution in [0, 0.1) is 0 Å². The minimum atomic E-state index is -0.640. The number of amides is 4. The largest absolute Gasteiger partial charge is 0.465 e. The second-order valence-corrected chi connectivity index (χ2v) is 4.77. The summed E-state index contributed by atoms with van der Waals surface area (Å²) in [5.41, 5.74) is 0.611. The molecule has 4 amide bonds. The predicted molar refractivity (Wildman–Crippen MR) is 93.8 cm³/mol. The van der Waals surface area contributed by atoms with Crippen molar-refractivity contribution in [2.45, 2.75) is 13.8 Å². The van der Waals surface area contributed by atoms with Crippen LogP contribution in [0.1, 0.15) is 13.8 Å². The molecule has 26 heavy (non-hydrogen) atoms. The van der Waals surface area contributed by atoms with Crippen LogP contribution < -0.4 is 21.3 Å². The summed E-state index contributed by atoms with van der Waals surface area (Å²) in [6.45, 7) is 3.19. The smallest absolute Gasteiger partial charge is 0.325 e. The summed E-state index contributed by atoms with van der Waals surface area (Å²) in [5.74, 6) is -1.13. The van der Waals surface area contributed by atoms with Crippen LogP contribution in [0.5, 0.6) is 0 Å². The topological polar surface area (TPSA) is 135 Å². The maximum Gasteiger partial charge on any atom is 0.325 e. The Morgan fingerprint density at radius 3 is 1.50 bits per heavy atom. The molecule has 0 aliphatic heterocycles. The minimum Gasteiger partial charge on any atom is -0.465 e. The average Bonchev–Trinajstić information content (AvgIpc) is 2.60. The lowest BCUT2D eigenvalue weighted by Crippen LogP contribution is -2.35. The first-order valence-corrected chi connectivity index (χ1v) is 7.96.